The summed E-state index contributed by atoms with van der Waals surface area (Å²) in [6.07, 6.45) is 6.00. The van der Waals surface area contributed by atoms with E-state index < -0.39 is 0 Å². The van der Waals surface area contributed by atoms with Crippen LogP contribution in [0.25, 0.3) is 5.65 Å². The van der Waals surface area contributed by atoms with Crippen molar-refractivity contribution in [3.8, 4) is 0 Å². The molecule has 2 N–H and O–H groups in total. The van der Waals surface area contributed by atoms with Crippen LogP contribution in [-0.2, 0) is 13.0 Å². The summed E-state index contributed by atoms with van der Waals surface area (Å²) in [6.45, 7) is 4.61. The summed E-state index contributed by atoms with van der Waals surface area (Å²) < 4.78 is 2.02. The van der Waals surface area contributed by atoms with Gasteiger partial charge in [0.1, 0.15) is 11.5 Å². The molecule has 0 aliphatic heterocycles. The van der Waals surface area contributed by atoms with Gasteiger partial charge in [-0.1, -0.05) is 13.3 Å². The molecule has 0 radical (unpaired) electrons. The predicted molar refractivity (Wildman–Crippen MR) is 59.6 cm³/mol. The van der Waals surface area contributed by atoms with Gasteiger partial charge in [0.15, 0.2) is 0 Å². The van der Waals surface area contributed by atoms with E-state index in [0.717, 1.165) is 30.0 Å². The highest BCUT2D eigenvalue weighted by atomic mass is 15.1. The van der Waals surface area contributed by atoms with E-state index in [2.05, 4.69) is 16.9 Å². The minimum atomic E-state index is 0.479. The van der Waals surface area contributed by atoms with Gasteiger partial charge in [0.05, 0.1) is 5.69 Å². The molecule has 4 nitrogen and oxygen atoms in total. The van der Waals surface area contributed by atoms with Crippen LogP contribution in [0.15, 0.2) is 12.4 Å². The van der Waals surface area contributed by atoms with Crippen LogP contribution in [0.5, 0.6) is 0 Å². The van der Waals surface area contributed by atoms with Gasteiger partial charge in [-0.05, 0) is 13.3 Å². The molecule has 0 aliphatic carbocycles. The Morgan fingerprint density at radius 2 is 2.27 bits per heavy atom. The Balaban J connectivity index is 2.63. The number of nitrogens with two attached hydrogens (primary N) is 1. The predicted octanol–water partition coefficient (Wildman–Crippen LogP) is 1.45. The van der Waals surface area contributed by atoms with Crippen molar-refractivity contribution in [2.24, 2.45) is 5.73 Å². The van der Waals surface area contributed by atoms with Crippen molar-refractivity contribution in [3.05, 3.63) is 29.5 Å². The van der Waals surface area contributed by atoms with Crippen molar-refractivity contribution in [2.75, 3.05) is 0 Å². The molecule has 80 valence electrons. The summed E-state index contributed by atoms with van der Waals surface area (Å²) in [6, 6.07) is 0. The molecule has 0 bridgehead atoms. The molecule has 0 atom stereocenters. The van der Waals surface area contributed by atoms with Gasteiger partial charge in [-0.15, -0.1) is 0 Å². The van der Waals surface area contributed by atoms with Crippen molar-refractivity contribution >= 4 is 5.65 Å². The second-order valence-electron chi connectivity index (χ2n) is 3.71. The number of aryl methyl sites for hydroxylation is 2. The summed E-state index contributed by atoms with van der Waals surface area (Å²) in [4.78, 5) is 8.86. The largest absolute Gasteiger partial charge is 0.325 e. The van der Waals surface area contributed by atoms with Gasteiger partial charge in [-0.3, -0.25) is 4.40 Å². The normalized spacial score (nSPS) is 11.1. The second-order valence-corrected chi connectivity index (χ2v) is 3.71. The highest BCUT2D eigenvalue weighted by Crippen LogP contribution is 2.13. The van der Waals surface area contributed by atoms with Crippen LogP contribution in [-0.4, -0.2) is 14.4 Å². The van der Waals surface area contributed by atoms with Crippen LogP contribution < -0.4 is 5.73 Å². The van der Waals surface area contributed by atoms with Gasteiger partial charge in [0.25, 0.3) is 0 Å². The first-order valence-corrected chi connectivity index (χ1v) is 5.28. The number of hydrogen-bond donors (Lipinski definition) is 1. The van der Waals surface area contributed by atoms with Gasteiger partial charge >= 0.3 is 0 Å². The lowest BCUT2D eigenvalue weighted by molar-refractivity contribution is 0.885. The quantitative estimate of drug-likeness (QED) is 0.823. The van der Waals surface area contributed by atoms with Crippen molar-refractivity contribution in [1.82, 2.24) is 14.4 Å². The van der Waals surface area contributed by atoms with E-state index in [1.807, 2.05) is 23.7 Å². The van der Waals surface area contributed by atoms with Crippen LogP contribution >= 0.6 is 0 Å². The average molecular weight is 204 g/mol. The summed E-state index contributed by atoms with van der Waals surface area (Å²) in [7, 11) is 0. The van der Waals surface area contributed by atoms with Crippen molar-refractivity contribution in [3.63, 3.8) is 0 Å². The molecule has 0 unspecified atom stereocenters. The lowest BCUT2D eigenvalue weighted by Crippen LogP contribution is -1.98. The van der Waals surface area contributed by atoms with Gasteiger partial charge < -0.3 is 5.73 Å². The van der Waals surface area contributed by atoms with E-state index in [-0.39, 0.29) is 0 Å². The van der Waals surface area contributed by atoms with Crippen molar-refractivity contribution in [1.29, 1.82) is 0 Å². The minimum Gasteiger partial charge on any atom is -0.325 e. The minimum absolute atomic E-state index is 0.479. The van der Waals surface area contributed by atoms with Gasteiger partial charge in [-0.2, -0.15) is 0 Å². The Labute approximate surface area is 89.2 Å². The molecule has 2 aromatic heterocycles. The van der Waals surface area contributed by atoms with Gasteiger partial charge in [-0.25, -0.2) is 9.97 Å². The Bertz CT molecular complexity index is 473. The molecule has 0 aliphatic rings. The highest BCUT2D eigenvalue weighted by molar-refractivity contribution is 5.48. The maximum atomic E-state index is 5.59. The van der Waals surface area contributed by atoms with Crippen LogP contribution in [0, 0.1) is 6.92 Å². The van der Waals surface area contributed by atoms with E-state index in [0.29, 0.717) is 6.54 Å². The number of fused-ring (bicyclic) bond motifs is 1. The molecule has 2 rings (SSSR count). The average Bonchev–Trinajstić information content (AvgIpc) is 2.67. The number of imidazole rings is 1. The zero-order valence-corrected chi connectivity index (χ0v) is 9.20. The van der Waals surface area contributed by atoms with E-state index in [1.54, 1.807) is 0 Å². The molecule has 2 aromatic rings. The lowest BCUT2D eigenvalue weighted by atomic mass is 10.2. The van der Waals surface area contributed by atoms with Crippen LogP contribution in [0.2, 0.25) is 0 Å². The zero-order chi connectivity index (χ0) is 10.8. The Hall–Kier alpha value is -1.42. The molecule has 0 aromatic carbocycles. The van der Waals surface area contributed by atoms with Gasteiger partial charge in [0.2, 0.25) is 0 Å². The third kappa shape index (κ3) is 1.72. The second kappa shape index (κ2) is 3.98. The van der Waals surface area contributed by atoms with Crippen LogP contribution in [0.3, 0.4) is 0 Å². The van der Waals surface area contributed by atoms with E-state index in [4.69, 9.17) is 5.73 Å². The molecular weight excluding hydrogens is 188 g/mol. The number of rotatable bonds is 3. The molecule has 15 heavy (non-hydrogen) atoms. The number of hydrogen-bond acceptors (Lipinski definition) is 3. The molecule has 0 spiro atoms. The summed E-state index contributed by atoms with van der Waals surface area (Å²) >= 11 is 0. The third-order valence-corrected chi connectivity index (χ3v) is 2.53. The summed E-state index contributed by atoms with van der Waals surface area (Å²) in [5.74, 6) is 0.956. The highest BCUT2D eigenvalue weighted by Gasteiger charge is 2.07. The maximum absolute atomic E-state index is 5.59. The molecule has 2 heterocycles. The van der Waals surface area contributed by atoms with Crippen LogP contribution in [0.4, 0.5) is 0 Å². The van der Waals surface area contributed by atoms with Crippen molar-refractivity contribution in [2.45, 2.75) is 33.2 Å². The first-order valence-electron chi connectivity index (χ1n) is 5.28. The standard InChI is InChI=1S/C11H16N4/c1-3-4-9-6-13-8(2)15-7-10(5-12)14-11(9)15/h6-7H,3-5,12H2,1-2H3. The Morgan fingerprint density at radius 1 is 1.47 bits per heavy atom. The fourth-order valence-electron chi connectivity index (χ4n) is 1.74. The maximum Gasteiger partial charge on any atom is 0.143 e. The monoisotopic (exact) mass is 204 g/mol. The molecule has 0 amide bonds. The fraction of sp³-hybridized carbons (Fsp3) is 0.455. The lowest BCUT2D eigenvalue weighted by Gasteiger charge is -2.03. The van der Waals surface area contributed by atoms with E-state index in [9.17, 15) is 0 Å². The number of nitrogens with zero attached hydrogens (tertiary/aromatic N) is 3. The number of aromatic nitrogens is 3. The van der Waals surface area contributed by atoms with E-state index >= 15 is 0 Å². The fourth-order valence-corrected chi connectivity index (χ4v) is 1.74. The molecule has 0 saturated heterocycles. The smallest absolute Gasteiger partial charge is 0.143 e. The molecule has 0 saturated carbocycles. The Morgan fingerprint density at radius 3 is 2.93 bits per heavy atom. The SMILES string of the molecule is CCCc1cnc(C)n2cc(CN)nc12. The van der Waals surface area contributed by atoms with Crippen molar-refractivity contribution < 1.29 is 0 Å². The third-order valence-electron chi connectivity index (χ3n) is 2.53. The Kier molecular flexibility index (Phi) is 2.68. The topological polar surface area (TPSA) is 56.2 Å². The van der Waals surface area contributed by atoms with Crippen LogP contribution in [0.1, 0.15) is 30.4 Å². The molecular formula is C11H16N4. The first kappa shape index (κ1) is 10.1. The van der Waals surface area contributed by atoms with E-state index in [1.165, 1.54) is 5.56 Å². The molecule has 4 heteroatoms. The first-order chi connectivity index (χ1) is 7.26. The zero-order valence-electron chi connectivity index (χ0n) is 9.20. The summed E-state index contributed by atoms with van der Waals surface area (Å²) in [5, 5.41) is 0. The summed E-state index contributed by atoms with van der Waals surface area (Å²) in [5.41, 5.74) is 8.71. The van der Waals surface area contributed by atoms with Gasteiger partial charge in [0, 0.05) is 24.5 Å². The molecule has 0 fully saturated rings.